The number of esters is 1. The number of hydrogen-bond acceptors (Lipinski definition) is 7. The van der Waals surface area contributed by atoms with Crippen molar-refractivity contribution in [1.29, 1.82) is 0 Å². The number of carbonyl (C=O) groups is 2. The summed E-state index contributed by atoms with van der Waals surface area (Å²) in [6.45, 7) is 1.95. The van der Waals surface area contributed by atoms with Gasteiger partial charge in [0, 0.05) is 22.1 Å². The summed E-state index contributed by atoms with van der Waals surface area (Å²) in [5.41, 5.74) is 1.29. The number of Topliss-reactive ketones (excluding diaryl/α,β-unsaturated/α-hetero) is 1. The smallest absolute Gasteiger partial charge is 0.341 e. The highest BCUT2D eigenvalue weighted by Crippen LogP contribution is 2.51. The van der Waals surface area contributed by atoms with Crippen LogP contribution in [0.3, 0.4) is 0 Å². The molecule has 0 unspecified atom stereocenters. The van der Waals surface area contributed by atoms with Crippen molar-refractivity contribution in [2.24, 2.45) is 0 Å². The van der Waals surface area contributed by atoms with Crippen LogP contribution < -0.4 is 4.74 Å². The fraction of sp³-hybridized carbons (Fsp3) is 0.333. The fourth-order valence-corrected chi connectivity index (χ4v) is 4.40. The number of carbonyl (C=O) groups excluding carboxylic acids is 2. The van der Waals surface area contributed by atoms with Gasteiger partial charge in [0.2, 0.25) is 6.10 Å². The van der Waals surface area contributed by atoms with E-state index in [0.29, 0.717) is 16.3 Å². The molecule has 150 valence electrons. The Hall–Kier alpha value is -2.45. The van der Waals surface area contributed by atoms with E-state index in [1.54, 1.807) is 49.4 Å². The molecule has 3 aliphatic heterocycles. The second kappa shape index (κ2) is 7.11. The van der Waals surface area contributed by atoms with E-state index in [2.05, 4.69) is 0 Å². The van der Waals surface area contributed by atoms with Crippen molar-refractivity contribution in [2.75, 3.05) is 6.61 Å². The van der Waals surface area contributed by atoms with Gasteiger partial charge in [0.1, 0.15) is 11.8 Å². The Balaban J connectivity index is 1.56. The maximum atomic E-state index is 13.2. The van der Waals surface area contributed by atoms with Crippen LogP contribution in [-0.2, 0) is 19.2 Å². The van der Waals surface area contributed by atoms with Gasteiger partial charge in [-0.2, -0.15) is 0 Å². The number of hydrogen-bond donors (Lipinski definition) is 0. The van der Waals surface area contributed by atoms with E-state index in [1.807, 2.05) is 6.07 Å². The Morgan fingerprint density at radius 1 is 1.10 bits per heavy atom. The SMILES string of the molecule is CCOC(=O)[C@H]1ON2O[C@@H](C(=O)c3ccccc3)[C@@H]3c4cc(Cl)ccc4O[C@H]1[C@@H]32. The lowest BCUT2D eigenvalue weighted by atomic mass is 9.79. The lowest BCUT2D eigenvalue weighted by Crippen LogP contribution is -2.48. The number of rotatable bonds is 4. The van der Waals surface area contributed by atoms with Crippen LogP contribution in [0.2, 0.25) is 5.02 Å². The number of nitrogens with zero attached hydrogens (tertiary/aromatic N) is 1. The summed E-state index contributed by atoms with van der Waals surface area (Å²) in [4.78, 5) is 37.2. The molecule has 0 saturated carbocycles. The van der Waals surface area contributed by atoms with Crippen LogP contribution in [0, 0.1) is 0 Å². The minimum atomic E-state index is -0.973. The van der Waals surface area contributed by atoms with E-state index in [1.165, 1.54) is 5.23 Å². The van der Waals surface area contributed by atoms with Crippen LogP contribution >= 0.6 is 11.6 Å². The predicted molar refractivity (Wildman–Crippen MR) is 101 cm³/mol. The largest absolute Gasteiger partial charge is 0.485 e. The van der Waals surface area contributed by atoms with E-state index in [0.717, 1.165) is 5.56 Å². The van der Waals surface area contributed by atoms with Crippen molar-refractivity contribution >= 4 is 23.4 Å². The van der Waals surface area contributed by atoms with Gasteiger partial charge in [-0.15, -0.1) is 0 Å². The molecule has 0 aliphatic carbocycles. The number of hydroxylamine groups is 2. The van der Waals surface area contributed by atoms with Gasteiger partial charge in [-0.25, -0.2) is 4.79 Å². The number of fused-ring (bicyclic) bond motifs is 2. The minimum absolute atomic E-state index is 0.173. The van der Waals surface area contributed by atoms with E-state index >= 15 is 0 Å². The molecule has 0 N–H and O–H groups in total. The van der Waals surface area contributed by atoms with Crippen LogP contribution in [0.25, 0.3) is 0 Å². The van der Waals surface area contributed by atoms with E-state index in [-0.39, 0.29) is 12.4 Å². The number of halogens is 1. The number of ether oxygens (including phenoxy) is 2. The summed E-state index contributed by atoms with van der Waals surface area (Å²) in [6.07, 6.45) is -2.46. The highest BCUT2D eigenvalue weighted by Gasteiger charge is 2.64. The first-order chi connectivity index (χ1) is 14.1. The molecule has 3 aliphatic rings. The monoisotopic (exact) mass is 415 g/mol. The minimum Gasteiger partial charge on any atom is -0.485 e. The molecular formula is C21H18ClNO6. The second-order valence-corrected chi connectivity index (χ2v) is 7.54. The molecule has 2 aromatic carbocycles. The van der Waals surface area contributed by atoms with Crippen molar-refractivity contribution in [3.8, 4) is 5.75 Å². The summed E-state index contributed by atoms with van der Waals surface area (Å²) >= 11 is 6.22. The summed E-state index contributed by atoms with van der Waals surface area (Å²) in [7, 11) is 0. The Kier molecular flexibility index (Phi) is 4.55. The normalized spacial score (nSPS) is 29.7. The number of ketones is 1. The van der Waals surface area contributed by atoms with Crippen LogP contribution in [0.1, 0.15) is 28.8 Å². The van der Waals surface area contributed by atoms with Gasteiger partial charge in [0.05, 0.1) is 6.61 Å². The molecule has 2 saturated heterocycles. The van der Waals surface area contributed by atoms with Gasteiger partial charge in [0.25, 0.3) is 0 Å². The lowest BCUT2D eigenvalue weighted by Gasteiger charge is -2.33. The van der Waals surface area contributed by atoms with Gasteiger partial charge in [-0.3, -0.25) is 14.5 Å². The van der Waals surface area contributed by atoms with Gasteiger partial charge >= 0.3 is 5.97 Å². The molecule has 0 radical (unpaired) electrons. The summed E-state index contributed by atoms with van der Waals surface area (Å²) in [5, 5.41) is 1.75. The van der Waals surface area contributed by atoms with Gasteiger partial charge in [-0.1, -0.05) is 47.2 Å². The lowest BCUT2D eigenvalue weighted by molar-refractivity contribution is -0.347. The zero-order valence-electron chi connectivity index (χ0n) is 15.5. The third-order valence-electron chi connectivity index (χ3n) is 5.44. The average molecular weight is 416 g/mol. The van der Waals surface area contributed by atoms with Crippen LogP contribution in [0.15, 0.2) is 48.5 Å². The molecule has 29 heavy (non-hydrogen) atoms. The molecule has 0 aromatic heterocycles. The molecule has 3 heterocycles. The van der Waals surface area contributed by atoms with Crippen molar-refractivity contribution in [3.05, 3.63) is 64.7 Å². The molecule has 5 rings (SSSR count). The van der Waals surface area contributed by atoms with Gasteiger partial charge in [0.15, 0.2) is 18.0 Å². The molecule has 0 spiro atoms. The summed E-state index contributed by atoms with van der Waals surface area (Å²) in [5.74, 6) is -0.559. The summed E-state index contributed by atoms with van der Waals surface area (Å²) in [6, 6.07) is 13.7. The van der Waals surface area contributed by atoms with Crippen molar-refractivity contribution in [2.45, 2.75) is 37.2 Å². The second-order valence-electron chi connectivity index (χ2n) is 7.10. The Labute approximate surface area is 172 Å². The van der Waals surface area contributed by atoms with Crippen LogP contribution in [0.5, 0.6) is 5.75 Å². The molecule has 0 bridgehead atoms. The zero-order chi connectivity index (χ0) is 20.1. The van der Waals surface area contributed by atoms with E-state index in [4.69, 9.17) is 30.7 Å². The molecular weight excluding hydrogens is 398 g/mol. The van der Waals surface area contributed by atoms with Gasteiger partial charge < -0.3 is 9.47 Å². The van der Waals surface area contributed by atoms with E-state index in [9.17, 15) is 9.59 Å². The predicted octanol–water partition coefficient (Wildman–Crippen LogP) is 2.93. The zero-order valence-corrected chi connectivity index (χ0v) is 16.2. The average Bonchev–Trinajstić information content (AvgIpc) is 3.28. The third-order valence-corrected chi connectivity index (χ3v) is 5.67. The third kappa shape index (κ3) is 2.93. The summed E-state index contributed by atoms with van der Waals surface area (Å²) < 4.78 is 11.2. The first kappa shape index (κ1) is 18.6. The molecule has 5 atom stereocenters. The Morgan fingerprint density at radius 2 is 1.86 bits per heavy atom. The molecule has 0 amide bonds. The van der Waals surface area contributed by atoms with Gasteiger partial charge in [-0.05, 0) is 25.1 Å². The molecule has 2 fully saturated rings. The van der Waals surface area contributed by atoms with Crippen LogP contribution in [0.4, 0.5) is 0 Å². The Morgan fingerprint density at radius 3 is 2.62 bits per heavy atom. The molecule has 7 nitrogen and oxygen atoms in total. The first-order valence-electron chi connectivity index (χ1n) is 9.43. The quantitative estimate of drug-likeness (QED) is 0.561. The highest BCUT2D eigenvalue weighted by molar-refractivity contribution is 6.30. The van der Waals surface area contributed by atoms with Crippen molar-refractivity contribution in [3.63, 3.8) is 0 Å². The Bertz CT molecular complexity index is 967. The highest BCUT2D eigenvalue weighted by atomic mass is 35.5. The first-order valence-corrected chi connectivity index (χ1v) is 9.81. The van der Waals surface area contributed by atoms with Crippen molar-refractivity contribution < 1.29 is 28.7 Å². The number of benzene rings is 2. The standard InChI is InChI=1S/C21H18ClNO6/c1-2-26-21(25)20-19-16-15(13-10-12(22)8-9-14(13)27-19)18(28-23(16)29-20)17(24)11-6-4-3-5-7-11/h3-10,15-16,18-20H,2H2,1H3/t15-,16-,18-,19+,20+/m1/s1. The van der Waals surface area contributed by atoms with E-state index < -0.39 is 36.2 Å². The maximum absolute atomic E-state index is 13.2. The van der Waals surface area contributed by atoms with Crippen molar-refractivity contribution in [1.82, 2.24) is 5.23 Å². The topological polar surface area (TPSA) is 74.3 Å². The van der Waals surface area contributed by atoms with Crippen LogP contribution in [-0.4, -0.2) is 47.9 Å². The molecule has 2 aromatic rings. The molecule has 8 heteroatoms. The maximum Gasteiger partial charge on any atom is 0.341 e. The fourth-order valence-electron chi connectivity index (χ4n) is 4.22.